The molecule has 1 atom stereocenters. The van der Waals surface area contributed by atoms with Gasteiger partial charge in [-0.3, -0.25) is 9.59 Å². The Bertz CT molecular complexity index is 1380. The molecule has 4 rings (SSSR count). The van der Waals surface area contributed by atoms with E-state index in [0.717, 1.165) is 5.56 Å². The highest BCUT2D eigenvalue weighted by atomic mass is 32.2. The van der Waals surface area contributed by atoms with Gasteiger partial charge in [0.25, 0.3) is 5.91 Å². The molecule has 3 aromatic carbocycles. The van der Waals surface area contributed by atoms with E-state index in [1.165, 1.54) is 11.8 Å². The molecule has 3 aromatic rings. The van der Waals surface area contributed by atoms with E-state index in [0.29, 0.717) is 45.5 Å². The Morgan fingerprint density at radius 2 is 1.65 bits per heavy atom. The number of carbonyl (C=O) groups excluding carboxylic acids is 2. The zero-order valence-electron chi connectivity index (χ0n) is 20.7. The molecule has 1 amide bonds. The fraction of sp³-hybridized carbons (Fsp3) is 0.167. The molecule has 7 heteroatoms. The first-order chi connectivity index (χ1) is 18.0. The number of anilines is 1. The fourth-order valence-corrected chi connectivity index (χ4v) is 5.14. The van der Waals surface area contributed by atoms with E-state index in [-0.39, 0.29) is 17.4 Å². The number of carbonyl (C=O) groups is 2. The quantitative estimate of drug-likeness (QED) is 0.342. The molecule has 1 heterocycles. The van der Waals surface area contributed by atoms with Gasteiger partial charge in [-0.1, -0.05) is 72.4 Å². The average Bonchev–Trinajstić information content (AvgIpc) is 2.93. The Morgan fingerprint density at radius 3 is 2.27 bits per heavy atom. The minimum absolute atomic E-state index is 0.0379. The lowest BCUT2D eigenvalue weighted by atomic mass is 9.82. The summed E-state index contributed by atoms with van der Waals surface area (Å²) in [6, 6.07) is 28.0. The number of Topliss-reactive ketones (excluding diaryl/α,β-unsaturated/α-hetero) is 1. The molecule has 0 aromatic heterocycles. The second-order valence-electron chi connectivity index (χ2n) is 8.35. The van der Waals surface area contributed by atoms with E-state index in [1.807, 2.05) is 86.6 Å². The van der Waals surface area contributed by atoms with Crippen molar-refractivity contribution in [2.24, 2.45) is 0 Å². The number of para-hydroxylation sites is 1. The van der Waals surface area contributed by atoms with Gasteiger partial charge in [0.2, 0.25) is 0 Å². The Balaban J connectivity index is 1.69. The first kappa shape index (κ1) is 25.8. The number of nitrogens with one attached hydrogen (secondary N) is 2. The summed E-state index contributed by atoms with van der Waals surface area (Å²) in [6.07, 6.45) is 0. The van der Waals surface area contributed by atoms with E-state index in [1.54, 1.807) is 12.1 Å². The van der Waals surface area contributed by atoms with Crippen molar-refractivity contribution >= 4 is 29.1 Å². The van der Waals surface area contributed by atoms with Crippen molar-refractivity contribution in [3.8, 4) is 11.8 Å². The van der Waals surface area contributed by atoms with Gasteiger partial charge in [-0.25, -0.2) is 0 Å². The molecule has 0 fully saturated rings. The summed E-state index contributed by atoms with van der Waals surface area (Å²) in [7, 11) is 0. The van der Waals surface area contributed by atoms with Crippen LogP contribution in [0.4, 0.5) is 5.69 Å². The molecule has 0 spiro atoms. The SMILES string of the molecule is CCOc1ccc([C@H]2C(C#N)=C(SCC(=O)c3ccccc3)NC(C)=C2C(=O)Nc2ccccc2)cc1. The topological polar surface area (TPSA) is 91.2 Å². The maximum absolute atomic E-state index is 13.5. The number of dihydropyridines is 1. The van der Waals surface area contributed by atoms with Crippen LogP contribution in [0.1, 0.15) is 35.7 Å². The van der Waals surface area contributed by atoms with Gasteiger partial charge in [0, 0.05) is 22.5 Å². The summed E-state index contributed by atoms with van der Waals surface area (Å²) < 4.78 is 5.58. The summed E-state index contributed by atoms with van der Waals surface area (Å²) >= 11 is 1.27. The zero-order valence-corrected chi connectivity index (χ0v) is 21.5. The van der Waals surface area contributed by atoms with Gasteiger partial charge < -0.3 is 15.4 Å². The van der Waals surface area contributed by atoms with Gasteiger partial charge in [0.05, 0.1) is 34.9 Å². The number of ketones is 1. The third-order valence-electron chi connectivity index (χ3n) is 5.89. The van der Waals surface area contributed by atoms with Crippen LogP contribution in [0.3, 0.4) is 0 Å². The summed E-state index contributed by atoms with van der Waals surface area (Å²) in [6.45, 7) is 4.26. The van der Waals surface area contributed by atoms with Crippen molar-refractivity contribution < 1.29 is 14.3 Å². The van der Waals surface area contributed by atoms with Crippen LogP contribution in [0.5, 0.6) is 5.75 Å². The van der Waals surface area contributed by atoms with E-state index >= 15 is 0 Å². The van der Waals surface area contributed by atoms with E-state index in [2.05, 4.69) is 16.7 Å². The number of allylic oxidation sites excluding steroid dienone is 2. The van der Waals surface area contributed by atoms with Gasteiger partial charge >= 0.3 is 0 Å². The molecule has 0 radical (unpaired) electrons. The number of benzene rings is 3. The number of amides is 1. The van der Waals surface area contributed by atoms with E-state index in [9.17, 15) is 14.9 Å². The maximum atomic E-state index is 13.5. The number of hydrogen-bond acceptors (Lipinski definition) is 6. The predicted octanol–water partition coefficient (Wildman–Crippen LogP) is 6.04. The summed E-state index contributed by atoms with van der Waals surface area (Å²) in [5, 5.41) is 17.0. The number of thioether (sulfide) groups is 1. The molecular weight excluding hydrogens is 482 g/mol. The molecule has 37 heavy (non-hydrogen) atoms. The Kier molecular flexibility index (Phi) is 8.44. The molecule has 0 saturated carbocycles. The highest BCUT2D eigenvalue weighted by Crippen LogP contribution is 2.41. The molecule has 0 saturated heterocycles. The molecule has 0 bridgehead atoms. The Hall–Kier alpha value is -4.28. The minimum Gasteiger partial charge on any atom is -0.494 e. The van der Waals surface area contributed by atoms with Crippen LogP contribution in [-0.4, -0.2) is 24.1 Å². The van der Waals surface area contributed by atoms with Gasteiger partial charge in [-0.05, 0) is 43.7 Å². The molecule has 0 unspecified atom stereocenters. The van der Waals surface area contributed by atoms with Gasteiger partial charge in [0.1, 0.15) is 5.75 Å². The number of nitrogens with zero attached hydrogens (tertiary/aromatic N) is 1. The van der Waals surface area contributed by atoms with Crippen LogP contribution in [0.15, 0.2) is 107 Å². The number of hydrogen-bond donors (Lipinski definition) is 2. The summed E-state index contributed by atoms with van der Waals surface area (Å²) in [4.78, 5) is 26.3. The van der Waals surface area contributed by atoms with Crippen molar-refractivity contribution in [1.29, 1.82) is 5.26 Å². The smallest absolute Gasteiger partial charge is 0.254 e. The fourth-order valence-electron chi connectivity index (χ4n) is 4.15. The molecule has 0 aliphatic carbocycles. The Morgan fingerprint density at radius 1 is 1.00 bits per heavy atom. The summed E-state index contributed by atoms with van der Waals surface area (Å²) in [5.41, 5.74) is 3.52. The first-order valence-electron chi connectivity index (χ1n) is 11.9. The van der Waals surface area contributed by atoms with Crippen LogP contribution in [-0.2, 0) is 4.79 Å². The third-order valence-corrected chi connectivity index (χ3v) is 6.91. The van der Waals surface area contributed by atoms with Crippen LogP contribution >= 0.6 is 11.8 Å². The lowest BCUT2D eigenvalue weighted by Gasteiger charge is -2.30. The van der Waals surface area contributed by atoms with Crippen molar-refractivity contribution in [3.63, 3.8) is 0 Å². The average molecular weight is 510 g/mol. The highest BCUT2D eigenvalue weighted by Gasteiger charge is 2.35. The van der Waals surface area contributed by atoms with Gasteiger partial charge in [0.15, 0.2) is 5.78 Å². The number of nitriles is 1. The number of rotatable bonds is 9. The molecular formula is C30H27N3O3S. The van der Waals surface area contributed by atoms with Crippen LogP contribution in [0.25, 0.3) is 0 Å². The number of ether oxygens (including phenoxy) is 1. The lowest BCUT2D eigenvalue weighted by molar-refractivity contribution is -0.113. The molecule has 186 valence electrons. The Labute approximate surface area is 221 Å². The van der Waals surface area contributed by atoms with Gasteiger partial charge in [-0.2, -0.15) is 5.26 Å². The highest BCUT2D eigenvalue weighted by molar-refractivity contribution is 8.03. The van der Waals surface area contributed by atoms with Crippen molar-refractivity contribution in [2.45, 2.75) is 19.8 Å². The van der Waals surface area contributed by atoms with Gasteiger partial charge in [-0.15, -0.1) is 0 Å². The van der Waals surface area contributed by atoms with Crippen molar-refractivity contribution in [2.75, 3.05) is 17.7 Å². The molecule has 2 N–H and O–H groups in total. The van der Waals surface area contributed by atoms with E-state index in [4.69, 9.17) is 4.74 Å². The third kappa shape index (κ3) is 6.11. The second-order valence-corrected chi connectivity index (χ2v) is 9.34. The standard InChI is InChI=1S/C30H27N3O3S/c1-3-36-24-16-14-22(15-17-24)28-25(18-31)30(37-19-26(34)21-10-6-4-7-11-21)32-20(2)27(28)29(35)33-23-12-8-5-9-13-23/h4-17,28,32H,3,19H2,1-2H3,(H,33,35)/t28-/m0/s1. The monoisotopic (exact) mass is 509 g/mol. The zero-order chi connectivity index (χ0) is 26.2. The van der Waals surface area contributed by atoms with Crippen LogP contribution in [0.2, 0.25) is 0 Å². The molecule has 6 nitrogen and oxygen atoms in total. The van der Waals surface area contributed by atoms with Crippen molar-refractivity contribution in [3.05, 3.63) is 118 Å². The van der Waals surface area contributed by atoms with E-state index < -0.39 is 5.92 Å². The van der Waals surface area contributed by atoms with Crippen molar-refractivity contribution in [1.82, 2.24) is 5.32 Å². The first-order valence-corrected chi connectivity index (χ1v) is 12.9. The van der Waals surface area contributed by atoms with Crippen LogP contribution < -0.4 is 15.4 Å². The van der Waals surface area contributed by atoms with Crippen LogP contribution in [0, 0.1) is 11.3 Å². The lowest BCUT2D eigenvalue weighted by Crippen LogP contribution is -2.31. The second kappa shape index (κ2) is 12.1. The largest absolute Gasteiger partial charge is 0.494 e. The maximum Gasteiger partial charge on any atom is 0.254 e. The summed E-state index contributed by atoms with van der Waals surface area (Å²) in [5.74, 6) is -0.0789. The minimum atomic E-state index is -0.611. The molecule has 1 aliphatic heterocycles. The molecule has 1 aliphatic rings. The predicted molar refractivity (Wildman–Crippen MR) is 147 cm³/mol. The normalized spacial score (nSPS) is 15.0.